The molecule has 0 unspecified atom stereocenters. The third-order valence-corrected chi connectivity index (χ3v) is 2.96. The second-order valence-corrected chi connectivity index (χ2v) is 4.46. The molecule has 2 aromatic rings. The number of halogens is 4. The highest BCUT2D eigenvalue weighted by Gasteiger charge is 2.33. The van der Waals surface area contributed by atoms with Crippen LogP contribution in [0.3, 0.4) is 0 Å². The normalized spacial score (nSPS) is 12.7. The van der Waals surface area contributed by atoms with Crippen LogP contribution in [0.4, 0.5) is 13.2 Å². The minimum atomic E-state index is -4.36. The van der Waals surface area contributed by atoms with Crippen molar-refractivity contribution in [1.29, 1.82) is 0 Å². The van der Waals surface area contributed by atoms with Gasteiger partial charge in [0.2, 0.25) is 0 Å². The molecule has 0 bridgehead atoms. The van der Waals surface area contributed by atoms with Crippen LogP contribution in [0.15, 0.2) is 48.5 Å². The molecule has 0 amide bonds. The Labute approximate surface area is 122 Å². The maximum Gasteiger partial charge on any atom is 0.417 e. The first kappa shape index (κ1) is 16.5. The fourth-order valence-electron chi connectivity index (χ4n) is 1.97. The summed E-state index contributed by atoms with van der Waals surface area (Å²) >= 11 is 0. The Kier molecular flexibility index (Phi) is 5.20. The molecule has 0 saturated carbocycles. The van der Waals surface area contributed by atoms with Crippen LogP contribution in [0.2, 0.25) is 0 Å². The number of rotatable bonds is 2. The lowest BCUT2D eigenvalue weighted by Crippen LogP contribution is -2.08. The molecule has 0 heterocycles. The molecular formula is C15H15ClF3N. The zero-order valence-corrected chi connectivity index (χ0v) is 11.6. The van der Waals surface area contributed by atoms with Crippen LogP contribution in [0.25, 0.3) is 11.1 Å². The van der Waals surface area contributed by atoms with Crippen LogP contribution in [0.1, 0.15) is 24.1 Å². The highest BCUT2D eigenvalue weighted by molar-refractivity contribution is 5.85. The smallest absolute Gasteiger partial charge is 0.324 e. The number of hydrogen-bond acceptors (Lipinski definition) is 1. The molecule has 0 aromatic heterocycles. The van der Waals surface area contributed by atoms with E-state index in [1.54, 1.807) is 31.2 Å². The van der Waals surface area contributed by atoms with Gasteiger partial charge in [0.05, 0.1) is 5.56 Å². The Bertz CT molecular complexity index is 579. The molecule has 0 radical (unpaired) electrons. The zero-order valence-electron chi connectivity index (χ0n) is 10.8. The summed E-state index contributed by atoms with van der Waals surface area (Å²) in [6.45, 7) is 1.80. The van der Waals surface area contributed by atoms with Crippen molar-refractivity contribution in [3.8, 4) is 11.1 Å². The quantitative estimate of drug-likeness (QED) is 0.846. The summed E-state index contributed by atoms with van der Waals surface area (Å²) in [5, 5.41) is 0. The van der Waals surface area contributed by atoms with Crippen molar-refractivity contribution in [1.82, 2.24) is 0 Å². The molecule has 2 aromatic carbocycles. The van der Waals surface area contributed by atoms with Crippen molar-refractivity contribution >= 4 is 12.4 Å². The first-order chi connectivity index (χ1) is 8.89. The van der Waals surface area contributed by atoms with Crippen LogP contribution < -0.4 is 5.73 Å². The molecule has 2 N–H and O–H groups in total. The Hall–Kier alpha value is -1.52. The summed E-state index contributed by atoms with van der Waals surface area (Å²) in [7, 11) is 0. The van der Waals surface area contributed by atoms with E-state index in [1.165, 1.54) is 12.1 Å². The maximum absolute atomic E-state index is 13.0. The summed E-state index contributed by atoms with van der Waals surface area (Å²) in [6, 6.07) is 12.2. The average Bonchev–Trinajstić information content (AvgIpc) is 2.38. The van der Waals surface area contributed by atoms with Gasteiger partial charge in [0.15, 0.2) is 0 Å². The summed E-state index contributed by atoms with van der Waals surface area (Å²) in [5.74, 6) is 0. The molecule has 1 atom stereocenters. The summed E-state index contributed by atoms with van der Waals surface area (Å²) in [4.78, 5) is 0. The van der Waals surface area contributed by atoms with Crippen molar-refractivity contribution in [3.63, 3.8) is 0 Å². The first-order valence-corrected chi connectivity index (χ1v) is 5.92. The van der Waals surface area contributed by atoms with Crippen molar-refractivity contribution < 1.29 is 13.2 Å². The second kappa shape index (κ2) is 6.29. The molecule has 5 heteroatoms. The second-order valence-electron chi connectivity index (χ2n) is 4.46. The zero-order chi connectivity index (χ0) is 14.0. The largest absolute Gasteiger partial charge is 0.417 e. The molecule has 108 valence electrons. The van der Waals surface area contributed by atoms with Gasteiger partial charge in [0.25, 0.3) is 0 Å². The lowest BCUT2D eigenvalue weighted by atomic mass is 9.96. The summed E-state index contributed by atoms with van der Waals surface area (Å²) < 4.78 is 38.9. The molecule has 0 aliphatic heterocycles. The molecule has 0 spiro atoms. The average molecular weight is 302 g/mol. The molecule has 0 aliphatic rings. The fraction of sp³-hybridized carbons (Fsp3) is 0.200. The van der Waals surface area contributed by atoms with Gasteiger partial charge >= 0.3 is 6.18 Å². The summed E-state index contributed by atoms with van der Waals surface area (Å²) in [6.07, 6.45) is -4.36. The lowest BCUT2D eigenvalue weighted by molar-refractivity contribution is -0.137. The molecule has 1 nitrogen and oxygen atoms in total. The van der Waals surface area contributed by atoms with E-state index in [4.69, 9.17) is 5.73 Å². The number of nitrogens with two attached hydrogens (primary N) is 1. The Morgan fingerprint density at radius 2 is 1.65 bits per heavy atom. The van der Waals surface area contributed by atoms with Crippen molar-refractivity contribution in [2.24, 2.45) is 5.73 Å². The van der Waals surface area contributed by atoms with Crippen molar-refractivity contribution in [2.75, 3.05) is 0 Å². The molecule has 0 saturated heterocycles. The van der Waals surface area contributed by atoms with E-state index in [1.807, 2.05) is 6.07 Å². The van der Waals surface area contributed by atoms with Crippen LogP contribution in [0.5, 0.6) is 0 Å². The first-order valence-electron chi connectivity index (χ1n) is 5.92. The lowest BCUT2D eigenvalue weighted by Gasteiger charge is -2.14. The van der Waals surface area contributed by atoms with E-state index in [9.17, 15) is 13.2 Å². The van der Waals surface area contributed by atoms with Gasteiger partial charge in [-0.1, -0.05) is 36.4 Å². The van der Waals surface area contributed by atoms with Gasteiger partial charge < -0.3 is 5.73 Å². The van der Waals surface area contributed by atoms with E-state index in [-0.39, 0.29) is 24.0 Å². The van der Waals surface area contributed by atoms with Crippen molar-refractivity contribution in [3.05, 3.63) is 59.7 Å². The predicted molar refractivity (Wildman–Crippen MR) is 76.7 cm³/mol. The van der Waals surface area contributed by atoms with Gasteiger partial charge in [-0.25, -0.2) is 0 Å². The van der Waals surface area contributed by atoms with Gasteiger partial charge in [0, 0.05) is 6.04 Å². The van der Waals surface area contributed by atoms with Crippen LogP contribution in [0, 0.1) is 0 Å². The minimum absolute atomic E-state index is 0. The predicted octanol–water partition coefficient (Wildman–Crippen LogP) is 4.81. The van der Waals surface area contributed by atoms with Crippen LogP contribution in [-0.4, -0.2) is 0 Å². The number of hydrogen-bond donors (Lipinski definition) is 1. The van der Waals surface area contributed by atoms with Crippen LogP contribution in [-0.2, 0) is 6.18 Å². The van der Waals surface area contributed by atoms with Gasteiger partial charge in [-0.2, -0.15) is 13.2 Å². The minimum Gasteiger partial charge on any atom is -0.324 e. The van der Waals surface area contributed by atoms with Crippen molar-refractivity contribution in [2.45, 2.75) is 19.1 Å². The Morgan fingerprint density at radius 1 is 1.00 bits per heavy atom. The van der Waals surface area contributed by atoms with Gasteiger partial charge in [-0.05, 0) is 35.7 Å². The summed E-state index contributed by atoms with van der Waals surface area (Å²) in [5.41, 5.74) is 6.66. The number of benzene rings is 2. The third-order valence-electron chi connectivity index (χ3n) is 2.96. The highest BCUT2D eigenvalue weighted by atomic mass is 35.5. The molecular weight excluding hydrogens is 287 g/mol. The van der Waals surface area contributed by atoms with E-state index >= 15 is 0 Å². The van der Waals surface area contributed by atoms with E-state index in [0.717, 1.165) is 11.6 Å². The van der Waals surface area contributed by atoms with E-state index in [2.05, 4.69) is 0 Å². The van der Waals surface area contributed by atoms with Gasteiger partial charge in [-0.15, -0.1) is 12.4 Å². The Morgan fingerprint density at radius 3 is 2.25 bits per heavy atom. The molecule has 2 rings (SSSR count). The van der Waals surface area contributed by atoms with E-state index < -0.39 is 11.7 Å². The maximum atomic E-state index is 13.0. The van der Waals surface area contributed by atoms with Gasteiger partial charge in [0.1, 0.15) is 0 Å². The fourth-order valence-corrected chi connectivity index (χ4v) is 1.97. The standard InChI is InChI=1S/C15H14F3N.ClH/c1-10(19)11-5-4-6-12(9-11)13-7-2-3-8-14(13)15(16,17)18;/h2-10H,19H2,1H3;1H/t10-;/m1./s1. The highest BCUT2D eigenvalue weighted by Crippen LogP contribution is 2.37. The topological polar surface area (TPSA) is 26.0 Å². The van der Waals surface area contributed by atoms with Crippen LogP contribution >= 0.6 is 12.4 Å². The molecule has 0 aliphatic carbocycles. The van der Waals surface area contributed by atoms with E-state index in [0.29, 0.717) is 5.56 Å². The Balaban J connectivity index is 0.00000200. The van der Waals surface area contributed by atoms with Gasteiger partial charge in [-0.3, -0.25) is 0 Å². The SMILES string of the molecule is C[C@@H](N)c1cccc(-c2ccccc2C(F)(F)F)c1.Cl. The monoisotopic (exact) mass is 301 g/mol. The molecule has 20 heavy (non-hydrogen) atoms. The number of alkyl halides is 3. The molecule has 0 fully saturated rings. The third kappa shape index (κ3) is 3.52.